The zero-order chi connectivity index (χ0) is 19.4. The molecule has 0 spiro atoms. The first-order chi connectivity index (χ1) is 13.0. The molecule has 0 radical (unpaired) electrons. The third kappa shape index (κ3) is 4.58. The maximum atomic E-state index is 12.6. The third-order valence-electron chi connectivity index (χ3n) is 4.06. The molecule has 0 unspecified atom stereocenters. The summed E-state index contributed by atoms with van der Waals surface area (Å²) < 4.78 is 5.57. The number of benzene rings is 1. The van der Waals surface area contributed by atoms with E-state index < -0.39 is 6.04 Å². The van der Waals surface area contributed by atoms with Gasteiger partial charge in [0.1, 0.15) is 21.9 Å². The standard InChI is InChI=1S/C19H18N2O4S2/c1-12(17(23)20-9-8-13-4-6-14(22)7-5-13)21-18(24)16(27-19(21)26)11-15-3-2-10-25-15/h2-7,10-12,22H,8-9H2,1H3,(H,20,23)/b16-11-/t12-/m0/s1. The van der Waals surface area contributed by atoms with Crippen LogP contribution < -0.4 is 5.32 Å². The Morgan fingerprint density at radius 1 is 1.37 bits per heavy atom. The normalized spacial score (nSPS) is 16.8. The number of aromatic hydroxyl groups is 1. The summed E-state index contributed by atoms with van der Waals surface area (Å²) in [5.74, 6) is 0.182. The van der Waals surface area contributed by atoms with E-state index in [1.54, 1.807) is 49.4 Å². The quantitative estimate of drug-likeness (QED) is 0.571. The van der Waals surface area contributed by atoms with Crippen LogP contribution in [0.1, 0.15) is 18.2 Å². The minimum atomic E-state index is -0.709. The van der Waals surface area contributed by atoms with Gasteiger partial charge in [-0.3, -0.25) is 14.5 Å². The molecule has 2 aromatic rings. The van der Waals surface area contributed by atoms with Crippen molar-refractivity contribution in [1.82, 2.24) is 10.2 Å². The van der Waals surface area contributed by atoms with Crippen LogP contribution in [-0.4, -0.2) is 38.7 Å². The molecule has 6 nitrogen and oxygen atoms in total. The first kappa shape index (κ1) is 19.2. The molecular formula is C19H18N2O4S2. The fourth-order valence-corrected chi connectivity index (χ4v) is 3.97. The smallest absolute Gasteiger partial charge is 0.267 e. The van der Waals surface area contributed by atoms with E-state index >= 15 is 0 Å². The van der Waals surface area contributed by atoms with Gasteiger partial charge in [-0.1, -0.05) is 36.1 Å². The SMILES string of the molecule is C[C@@H](C(=O)NCCc1ccc(O)cc1)N1C(=O)/C(=C/c2ccco2)SC1=S. The van der Waals surface area contributed by atoms with Crippen molar-refractivity contribution in [1.29, 1.82) is 0 Å². The molecule has 3 rings (SSSR count). The van der Waals surface area contributed by atoms with Crippen LogP contribution in [0.3, 0.4) is 0 Å². The number of hydrogen-bond donors (Lipinski definition) is 2. The number of phenols is 1. The van der Waals surface area contributed by atoms with Crippen LogP contribution in [0.5, 0.6) is 5.75 Å². The molecule has 1 aromatic carbocycles. The van der Waals surface area contributed by atoms with Crippen LogP contribution in [-0.2, 0) is 16.0 Å². The molecule has 140 valence electrons. The molecule has 2 amide bonds. The lowest BCUT2D eigenvalue weighted by molar-refractivity contribution is -0.132. The lowest BCUT2D eigenvalue weighted by atomic mass is 10.1. The summed E-state index contributed by atoms with van der Waals surface area (Å²) in [4.78, 5) is 26.8. The molecule has 1 saturated heterocycles. The van der Waals surface area contributed by atoms with E-state index in [-0.39, 0.29) is 17.6 Å². The monoisotopic (exact) mass is 402 g/mol. The van der Waals surface area contributed by atoms with Crippen molar-refractivity contribution in [3.8, 4) is 5.75 Å². The van der Waals surface area contributed by atoms with Crippen molar-refractivity contribution in [2.45, 2.75) is 19.4 Å². The average Bonchev–Trinajstić information content (AvgIpc) is 3.24. The molecule has 0 aliphatic carbocycles. The van der Waals surface area contributed by atoms with E-state index in [9.17, 15) is 14.7 Å². The lowest BCUT2D eigenvalue weighted by Crippen LogP contribution is -2.47. The molecule has 1 atom stereocenters. The largest absolute Gasteiger partial charge is 0.508 e. The van der Waals surface area contributed by atoms with Crippen molar-refractivity contribution in [2.24, 2.45) is 0 Å². The molecule has 1 fully saturated rings. The fraction of sp³-hybridized carbons (Fsp3) is 0.211. The maximum absolute atomic E-state index is 12.6. The maximum Gasteiger partial charge on any atom is 0.267 e. The summed E-state index contributed by atoms with van der Waals surface area (Å²) in [7, 11) is 0. The van der Waals surface area contributed by atoms with Crippen molar-refractivity contribution in [2.75, 3.05) is 6.54 Å². The molecule has 1 aromatic heterocycles. The van der Waals surface area contributed by atoms with Crippen molar-refractivity contribution < 1.29 is 19.1 Å². The van der Waals surface area contributed by atoms with Crippen molar-refractivity contribution in [3.05, 3.63) is 58.9 Å². The highest BCUT2D eigenvalue weighted by Crippen LogP contribution is 2.34. The highest BCUT2D eigenvalue weighted by atomic mass is 32.2. The number of rotatable bonds is 6. The van der Waals surface area contributed by atoms with E-state index in [4.69, 9.17) is 16.6 Å². The summed E-state index contributed by atoms with van der Waals surface area (Å²) >= 11 is 6.43. The number of hydrogen-bond acceptors (Lipinski definition) is 6. The summed E-state index contributed by atoms with van der Waals surface area (Å²) in [5, 5.41) is 12.1. The summed E-state index contributed by atoms with van der Waals surface area (Å²) in [6, 6.07) is 9.57. The number of phenolic OH excluding ortho intramolecular Hbond substituents is 1. The second-order valence-electron chi connectivity index (χ2n) is 5.95. The van der Waals surface area contributed by atoms with E-state index in [0.29, 0.717) is 28.0 Å². The first-order valence-electron chi connectivity index (χ1n) is 8.32. The van der Waals surface area contributed by atoms with Gasteiger partial charge in [0.05, 0.1) is 11.2 Å². The topological polar surface area (TPSA) is 82.8 Å². The second-order valence-corrected chi connectivity index (χ2v) is 7.63. The zero-order valence-corrected chi connectivity index (χ0v) is 16.2. The Labute approximate surface area is 166 Å². The Morgan fingerprint density at radius 3 is 2.78 bits per heavy atom. The highest BCUT2D eigenvalue weighted by Gasteiger charge is 2.38. The van der Waals surface area contributed by atoms with Gasteiger partial charge in [-0.15, -0.1) is 0 Å². The van der Waals surface area contributed by atoms with Gasteiger partial charge in [-0.25, -0.2) is 0 Å². The average molecular weight is 402 g/mol. The van der Waals surface area contributed by atoms with Gasteiger partial charge in [0.25, 0.3) is 5.91 Å². The van der Waals surface area contributed by atoms with Crippen LogP contribution in [0.15, 0.2) is 52.0 Å². The number of carbonyl (C=O) groups excluding carboxylic acids is 2. The van der Waals surface area contributed by atoms with Crippen molar-refractivity contribution in [3.63, 3.8) is 0 Å². The van der Waals surface area contributed by atoms with Crippen molar-refractivity contribution >= 4 is 46.2 Å². The Morgan fingerprint density at radius 2 is 2.11 bits per heavy atom. The van der Waals surface area contributed by atoms with Gasteiger partial charge in [0.2, 0.25) is 5.91 Å². The van der Waals surface area contributed by atoms with E-state index in [2.05, 4.69) is 5.32 Å². The number of thiocarbonyl (C=S) groups is 1. The fourth-order valence-electron chi connectivity index (χ4n) is 2.57. The molecule has 1 aliphatic heterocycles. The molecule has 0 saturated carbocycles. The number of thioether (sulfide) groups is 1. The van der Waals surface area contributed by atoms with Crippen LogP contribution in [0.25, 0.3) is 6.08 Å². The van der Waals surface area contributed by atoms with Gasteiger partial charge in [0, 0.05) is 12.6 Å². The zero-order valence-electron chi connectivity index (χ0n) is 14.5. The summed E-state index contributed by atoms with van der Waals surface area (Å²) in [5.41, 5.74) is 0.993. The summed E-state index contributed by atoms with van der Waals surface area (Å²) in [6.07, 6.45) is 3.76. The van der Waals surface area contributed by atoms with Gasteiger partial charge >= 0.3 is 0 Å². The van der Waals surface area contributed by atoms with Crippen LogP contribution >= 0.6 is 24.0 Å². The Kier molecular flexibility index (Phi) is 5.98. The highest BCUT2D eigenvalue weighted by molar-refractivity contribution is 8.26. The van der Waals surface area contributed by atoms with E-state index in [1.807, 2.05) is 0 Å². The van der Waals surface area contributed by atoms with Gasteiger partial charge < -0.3 is 14.8 Å². The third-order valence-corrected chi connectivity index (χ3v) is 5.39. The Bertz CT molecular complexity index is 876. The Balaban J connectivity index is 1.58. The number of nitrogens with zero attached hydrogens (tertiary/aromatic N) is 1. The minimum Gasteiger partial charge on any atom is -0.508 e. The van der Waals surface area contributed by atoms with Crippen LogP contribution in [0, 0.1) is 0 Å². The predicted molar refractivity (Wildman–Crippen MR) is 108 cm³/mol. The van der Waals surface area contributed by atoms with Gasteiger partial charge in [0.15, 0.2) is 0 Å². The molecule has 1 aliphatic rings. The Hall–Kier alpha value is -2.58. The molecule has 2 heterocycles. The summed E-state index contributed by atoms with van der Waals surface area (Å²) in [6.45, 7) is 2.07. The second kappa shape index (κ2) is 8.41. The molecule has 8 heteroatoms. The number of nitrogens with one attached hydrogen (secondary N) is 1. The molecule has 2 N–H and O–H groups in total. The van der Waals surface area contributed by atoms with Crippen LogP contribution in [0.4, 0.5) is 0 Å². The number of amides is 2. The minimum absolute atomic E-state index is 0.202. The first-order valence-corrected chi connectivity index (χ1v) is 9.54. The predicted octanol–water partition coefficient (Wildman–Crippen LogP) is 2.93. The van der Waals surface area contributed by atoms with E-state index in [1.165, 1.54) is 11.2 Å². The van der Waals surface area contributed by atoms with Gasteiger partial charge in [-0.2, -0.15) is 0 Å². The number of furan rings is 1. The van der Waals surface area contributed by atoms with Crippen LogP contribution in [0.2, 0.25) is 0 Å². The molecule has 0 bridgehead atoms. The van der Waals surface area contributed by atoms with Gasteiger partial charge in [-0.05, 0) is 43.2 Å². The molecule has 27 heavy (non-hydrogen) atoms. The lowest BCUT2D eigenvalue weighted by Gasteiger charge is -2.22. The molecular weight excluding hydrogens is 384 g/mol. The van der Waals surface area contributed by atoms with E-state index in [0.717, 1.165) is 17.3 Å². The number of carbonyl (C=O) groups is 2.